The molecular weight excluding hydrogens is 366 g/mol. The number of aromatic nitrogens is 3. The van der Waals surface area contributed by atoms with Crippen LogP contribution in [0, 0.1) is 5.92 Å². The predicted octanol–water partition coefficient (Wildman–Crippen LogP) is 2.87. The van der Waals surface area contributed by atoms with Crippen LogP contribution in [0.1, 0.15) is 18.4 Å². The van der Waals surface area contributed by atoms with Crippen molar-refractivity contribution in [3.05, 3.63) is 48.4 Å². The third-order valence-electron chi connectivity index (χ3n) is 5.37. The molecule has 1 saturated carbocycles. The summed E-state index contributed by atoms with van der Waals surface area (Å²) in [5.74, 6) is 0.748. The van der Waals surface area contributed by atoms with E-state index in [1.165, 1.54) is 5.56 Å². The van der Waals surface area contributed by atoms with Gasteiger partial charge < -0.3 is 10.1 Å². The molecule has 5 rings (SSSR count). The minimum atomic E-state index is 0.0491. The van der Waals surface area contributed by atoms with Crippen LogP contribution >= 0.6 is 0 Å². The molecule has 0 atom stereocenters. The number of hydrogen-bond acceptors (Lipinski definition) is 6. The summed E-state index contributed by atoms with van der Waals surface area (Å²) in [4.78, 5) is 27.9. The molecule has 0 unspecified atom stereocenters. The third kappa shape index (κ3) is 4.26. The molecule has 29 heavy (non-hydrogen) atoms. The molecule has 1 aliphatic carbocycles. The van der Waals surface area contributed by atoms with E-state index in [9.17, 15) is 4.79 Å². The van der Waals surface area contributed by atoms with Gasteiger partial charge in [0.1, 0.15) is 5.82 Å². The maximum absolute atomic E-state index is 12.0. The number of carbonyl (C=O) groups excluding carboxylic acids is 1. The standard InChI is InChI=1S/C22H23N5O2/c28-22(16-1-2-16)26-21-10-20-17(13-24-21)3-4-19(25-20)18-9-15(11-23-12-18)14-27-5-7-29-8-6-27/h3-4,9-13,16H,1-2,5-8,14H2,(H,24,26,28). The van der Waals surface area contributed by atoms with Crippen molar-refractivity contribution >= 4 is 22.6 Å². The largest absolute Gasteiger partial charge is 0.379 e. The summed E-state index contributed by atoms with van der Waals surface area (Å²) in [6, 6.07) is 7.98. The first kappa shape index (κ1) is 18.1. The lowest BCUT2D eigenvalue weighted by Gasteiger charge is -2.26. The molecule has 148 valence electrons. The molecule has 3 aromatic heterocycles. The molecule has 7 heteroatoms. The van der Waals surface area contributed by atoms with Crippen molar-refractivity contribution in [2.75, 3.05) is 31.6 Å². The SMILES string of the molecule is O=C(Nc1cc2nc(-c3cncc(CN4CCOCC4)c3)ccc2cn1)C1CC1. The quantitative estimate of drug-likeness (QED) is 0.723. The van der Waals surface area contributed by atoms with Gasteiger partial charge in [-0.15, -0.1) is 0 Å². The average molecular weight is 389 g/mol. The number of amides is 1. The fraction of sp³-hybridized carbons (Fsp3) is 0.364. The molecule has 0 spiro atoms. The predicted molar refractivity (Wildman–Crippen MR) is 110 cm³/mol. The number of nitrogens with zero attached hydrogens (tertiary/aromatic N) is 4. The molecule has 2 aliphatic rings. The highest BCUT2D eigenvalue weighted by molar-refractivity contribution is 5.94. The molecule has 7 nitrogen and oxygen atoms in total. The average Bonchev–Trinajstić information content (AvgIpc) is 3.60. The van der Waals surface area contributed by atoms with E-state index in [0.29, 0.717) is 5.82 Å². The molecule has 3 aromatic rings. The minimum absolute atomic E-state index is 0.0491. The van der Waals surface area contributed by atoms with Gasteiger partial charge in [-0.05, 0) is 36.6 Å². The third-order valence-corrected chi connectivity index (χ3v) is 5.37. The van der Waals surface area contributed by atoms with Gasteiger partial charge in [0.25, 0.3) is 0 Å². The summed E-state index contributed by atoms with van der Waals surface area (Å²) in [7, 11) is 0. The Balaban J connectivity index is 1.38. The zero-order chi connectivity index (χ0) is 19.6. The van der Waals surface area contributed by atoms with Crippen LogP contribution in [0.5, 0.6) is 0 Å². The zero-order valence-corrected chi connectivity index (χ0v) is 16.2. The van der Waals surface area contributed by atoms with Gasteiger partial charge in [-0.2, -0.15) is 0 Å². The van der Waals surface area contributed by atoms with Crippen molar-refractivity contribution in [2.45, 2.75) is 19.4 Å². The fourth-order valence-electron chi connectivity index (χ4n) is 3.55. The van der Waals surface area contributed by atoms with Crippen LogP contribution in [0.15, 0.2) is 42.9 Å². The first-order chi connectivity index (χ1) is 14.2. The van der Waals surface area contributed by atoms with Crippen molar-refractivity contribution < 1.29 is 9.53 Å². The molecular formula is C22H23N5O2. The van der Waals surface area contributed by atoms with Crippen molar-refractivity contribution in [1.82, 2.24) is 19.9 Å². The molecule has 1 N–H and O–H groups in total. The van der Waals surface area contributed by atoms with Gasteiger partial charge >= 0.3 is 0 Å². The van der Waals surface area contributed by atoms with Crippen molar-refractivity contribution in [2.24, 2.45) is 5.92 Å². The highest BCUT2D eigenvalue weighted by Gasteiger charge is 2.29. The summed E-state index contributed by atoms with van der Waals surface area (Å²) in [6.45, 7) is 4.32. The van der Waals surface area contributed by atoms with E-state index in [-0.39, 0.29) is 11.8 Å². The fourth-order valence-corrected chi connectivity index (χ4v) is 3.55. The molecule has 2 fully saturated rings. The Labute approximate surface area is 169 Å². The van der Waals surface area contributed by atoms with E-state index in [1.807, 2.05) is 30.6 Å². The lowest BCUT2D eigenvalue weighted by Crippen LogP contribution is -2.35. The first-order valence-electron chi connectivity index (χ1n) is 10.1. The number of anilines is 1. The molecule has 4 heterocycles. The van der Waals surface area contributed by atoms with Gasteiger partial charge in [-0.25, -0.2) is 9.97 Å². The Hall–Kier alpha value is -2.90. The summed E-state index contributed by atoms with van der Waals surface area (Å²) in [6.07, 6.45) is 7.44. The van der Waals surface area contributed by atoms with Crippen LogP contribution in [0.4, 0.5) is 5.82 Å². The minimum Gasteiger partial charge on any atom is -0.379 e. The lowest BCUT2D eigenvalue weighted by molar-refractivity contribution is -0.117. The molecule has 0 radical (unpaired) electrons. The van der Waals surface area contributed by atoms with Gasteiger partial charge in [-0.3, -0.25) is 14.7 Å². The summed E-state index contributed by atoms with van der Waals surface area (Å²) >= 11 is 0. The number of hydrogen-bond donors (Lipinski definition) is 1. The topological polar surface area (TPSA) is 80.2 Å². The highest BCUT2D eigenvalue weighted by Crippen LogP contribution is 2.30. The number of morpholine rings is 1. The van der Waals surface area contributed by atoms with Crippen LogP contribution in [0.3, 0.4) is 0 Å². The number of rotatable bonds is 5. The second-order valence-electron chi connectivity index (χ2n) is 7.69. The maximum Gasteiger partial charge on any atom is 0.228 e. The van der Waals surface area contributed by atoms with E-state index in [4.69, 9.17) is 9.72 Å². The second kappa shape index (κ2) is 7.85. The Kier molecular flexibility index (Phi) is 4.91. The molecule has 1 saturated heterocycles. The van der Waals surface area contributed by atoms with Gasteiger partial charge in [0.05, 0.1) is 24.4 Å². The van der Waals surface area contributed by atoms with Crippen LogP contribution < -0.4 is 5.32 Å². The smallest absolute Gasteiger partial charge is 0.228 e. The summed E-state index contributed by atoms with van der Waals surface area (Å²) < 4.78 is 5.42. The van der Waals surface area contributed by atoms with Gasteiger partial charge in [0, 0.05) is 61.2 Å². The van der Waals surface area contributed by atoms with E-state index < -0.39 is 0 Å². The van der Waals surface area contributed by atoms with Crippen LogP contribution in [0.25, 0.3) is 22.2 Å². The molecule has 0 aromatic carbocycles. The number of carbonyl (C=O) groups is 1. The number of nitrogens with one attached hydrogen (secondary N) is 1. The number of ether oxygens (including phenoxy) is 1. The Morgan fingerprint density at radius 1 is 1.14 bits per heavy atom. The van der Waals surface area contributed by atoms with E-state index >= 15 is 0 Å². The number of fused-ring (bicyclic) bond motifs is 1. The second-order valence-corrected chi connectivity index (χ2v) is 7.69. The van der Waals surface area contributed by atoms with Crippen molar-refractivity contribution in [3.8, 4) is 11.3 Å². The molecule has 1 amide bonds. The summed E-state index contributed by atoms with van der Waals surface area (Å²) in [5, 5.41) is 3.83. The van der Waals surface area contributed by atoms with Gasteiger partial charge in [0.15, 0.2) is 0 Å². The monoisotopic (exact) mass is 389 g/mol. The van der Waals surface area contributed by atoms with E-state index in [1.54, 1.807) is 6.20 Å². The Morgan fingerprint density at radius 2 is 2.00 bits per heavy atom. The van der Waals surface area contributed by atoms with Crippen LogP contribution in [-0.2, 0) is 16.1 Å². The number of pyridine rings is 3. The van der Waals surface area contributed by atoms with Crippen molar-refractivity contribution in [1.29, 1.82) is 0 Å². The Morgan fingerprint density at radius 3 is 2.83 bits per heavy atom. The van der Waals surface area contributed by atoms with Gasteiger partial charge in [0.2, 0.25) is 5.91 Å². The van der Waals surface area contributed by atoms with Gasteiger partial charge in [-0.1, -0.05) is 0 Å². The summed E-state index contributed by atoms with van der Waals surface area (Å²) in [5.41, 5.74) is 3.82. The van der Waals surface area contributed by atoms with E-state index in [0.717, 1.165) is 67.8 Å². The normalized spacial score (nSPS) is 17.4. The Bertz CT molecular complexity index is 1040. The zero-order valence-electron chi connectivity index (χ0n) is 16.2. The van der Waals surface area contributed by atoms with Crippen LogP contribution in [-0.4, -0.2) is 52.1 Å². The lowest BCUT2D eigenvalue weighted by atomic mass is 10.1. The molecule has 1 aliphatic heterocycles. The van der Waals surface area contributed by atoms with Crippen LogP contribution in [0.2, 0.25) is 0 Å². The van der Waals surface area contributed by atoms with E-state index in [2.05, 4.69) is 26.3 Å². The first-order valence-corrected chi connectivity index (χ1v) is 10.1. The highest BCUT2D eigenvalue weighted by atomic mass is 16.5. The molecule has 0 bridgehead atoms. The maximum atomic E-state index is 12.0. The van der Waals surface area contributed by atoms with Crippen molar-refractivity contribution in [3.63, 3.8) is 0 Å².